The minimum Gasteiger partial charge on any atom is -0.389 e. The molecule has 16 heavy (non-hydrogen) atoms. The quantitative estimate of drug-likeness (QED) is 0.735. The standard InChI is InChI=1S/C13H22N2O/c1-10-3-4-11(8-14)12(7-10)15-6-5-13(2,16)9-15/h10-12,16H,3-7,9H2,1-2H3. The third-order valence-electron chi connectivity index (χ3n) is 4.19. The summed E-state index contributed by atoms with van der Waals surface area (Å²) in [6.07, 6.45) is 4.17. The number of nitrogens with zero attached hydrogens (tertiary/aromatic N) is 2. The lowest BCUT2D eigenvalue weighted by atomic mass is 9.79. The Bertz CT molecular complexity index is 295. The van der Waals surface area contributed by atoms with E-state index in [4.69, 9.17) is 0 Å². The first-order chi connectivity index (χ1) is 7.52. The zero-order valence-electron chi connectivity index (χ0n) is 10.3. The molecule has 4 unspecified atom stereocenters. The average molecular weight is 222 g/mol. The normalized spacial score (nSPS) is 45.5. The van der Waals surface area contributed by atoms with E-state index < -0.39 is 5.60 Å². The van der Waals surface area contributed by atoms with Crippen LogP contribution in [-0.4, -0.2) is 34.7 Å². The smallest absolute Gasteiger partial charge is 0.0758 e. The molecular weight excluding hydrogens is 200 g/mol. The van der Waals surface area contributed by atoms with Crippen molar-refractivity contribution in [2.24, 2.45) is 11.8 Å². The summed E-state index contributed by atoms with van der Waals surface area (Å²) in [6, 6.07) is 2.83. The highest BCUT2D eigenvalue weighted by atomic mass is 16.3. The van der Waals surface area contributed by atoms with Crippen LogP contribution in [0.4, 0.5) is 0 Å². The molecule has 3 heteroatoms. The molecule has 1 saturated heterocycles. The van der Waals surface area contributed by atoms with Crippen molar-refractivity contribution in [2.75, 3.05) is 13.1 Å². The van der Waals surface area contributed by atoms with Crippen LogP contribution in [0.25, 0.3) is 0 Å². The van der Waals surface area contributed by atoms with Gasteiger partial charge in [0.15, 0.2) is 0 Å². The van der Waals surface area contributed by atoms with E-state index in [9.17, 15) is 10.4 Å². The molecule has 90 valence electrons. The van der Waals surface area contributed by atoms with Gasteiger partial charge in [0.05, 0.1) is 17.6 Å². The van der Waals surface area contributed by atoms with Gasteiger partial charge < -0.3 is 5.11 Å². The second-order valence-electron chi connectivity index (χ2n) is 5.94. The molecule has 0 aromatic rings. The molecule has 4 atom stereocenters. The van der Waals surface area contributed by atoms with E-state index in [0.717, 1.165) is 38.3 Å². The SMILES string of the molecule is CC1CCC(C#N)C(N2CCC(C)(O)C2)C1. The molecule has 3 nitrogen and oxygen atoms in total. The zero-order chi connectivity index (χ0) is 11.8. The molecule has 0 spiro atoms. The Kier molecular flexibility index (Phi) is 3.23. The number of hydrogen-bond donors (Lipinski definition) is 1. The van der Waals surface area contributed by atoms with Gasteiger partial charge in [-0.2, -0.15) is 5.26 Å². The molecule has 2 aliphatic rings. The van der Waals surface area contributed by atoms with Gasteiger partial charge in [-0.05, 0) is 38.5 Å². The number of likely N-dealkylation sites (tertiary alicyclic amines) is 1. The van der Waals surface area contributed by atoms with Gasteiger partial charge in [0.1, 0.15) is 0 Å². The molecule has 1 aliphatic heterocycles. The van der Waals surface area contributed by atoms with Crippen molar-refractivity contribution in [2.45, 2.75) is 51.2 Å². The second-order valence-corrected chi connectivity index (χ2v) is 5.94. The molecular formula is C13H22N2O. The van der Waals surface area contributed by atoms with Crippen LogP contribution in [0.2, 0.25) is 0 Å². The molecule has 0 aromatic heterocycles. The number of hydrogen-bond acceptors (Lipinski definition) is 3. The predicted molar refractivity (Wildman–Crippen MR) is 62.7 cm³/mol. The topological polar surface area (TPSA) is 47.3 Å². The Morgan fingerprint density at radius 3 is 2.75 bits per heavy atom. The van der Waals surface area contributed by atoms with Crippen LogP contribution in [0.1, 0.15) is 39.5 Å². The van der Waals surface area contributed by atoms with Gasteiger partial charge >= 0.3 is 0 Å². The monoisotopic (exact) mass is 222 g/mol. The first-order valence-electron chi connectivity index (χ1n) is 6.38. The summed E-state index contributed by atoms with van der Waals surface area (Å²) in [5.74, 6) is 0.894. The van der Waals surface area contributed by atoms with Crippen LogP contribution in [0.15, 0.2) is 0 Å². The highest BCUT2D eigenvalue weighted by Crippen LogP contribution is 2.35. The van der Waals surface area contributed by atoms with Crippen molar-refractivity contribution in [3.05, 3.63) is 0 Å². The highest BCUT2D eigenvalue weighted by Gasteiger charge is 2.40. The summed E-state index contributed by atoms with van der Waals surface area (Å²) < 4.78 is 0. The summed E-state index contributed by atoms with van der Waals surface area (Å²) in [6.45, 7) is 5.86. The molecule has 1 aliphatic carbocycles. The highest BCUT2D eigenvalue weighted by molar-refractivity contribution is 5.00. The van der Waals surface area contributed by atoms with Gasteiger partial charge in [-0.15, -0.1) is 0 Å². The first kappa shape index (κ1) is 11.9. The Morgan fingerprint density at radius 2 is 2.19 bits per heavy atom. The van der Waals surface area contributed by atoms with Crippen LogP contribution >= 0.6 is 0 Å². The lowest BCUT2D eigenvalue weighted by Crippen LogP contribution is -2.44. The molecule has 0 aromatic carbocycles. The maximum atomic E-state index is 10.00. The molecule has 0 radical (unpaired) electrons. The second kappa shape index (κ2) is 4.35. The van der Waals surface area contributed by atoms with Crippen molar-refractivity contribution in [1.29, 1.82) is 5.26 Å². The van der Waals surface area contributed by atoms with Gasteiger partial charge in [-0.3, -0.25) is 4.90 Å². The van der Waals surface area contributed by atoms with Crippen LogP contribution in [0, 0.1) is 23.2 Å². The summed E-state index contributed by atoms with van der Waals surface area (Å²) in [5, 5.41) is 19.2. The molecule has 2 rings (SSSR count). The number of aliphatic hydroxyl groups is 1. The Balaban J connectivity index is 2.04. The number of β-amino-alcohol motifs (C(OH)–C–C–N with tert-alkyl or cyclic N) is 1. The van der Waals surface area contributed by atoms with Crippen LogP contribution in [0.5, 0.6) is 0 Å². The Morgan fingerprint density at radius 1 is 1.44 bits per heavy atom. The average Bonchev–Trinajstić information content (AvgIpc) is 2.59. The summed E-state index contributed by atoms with van der Waals surface area (Å²) in [7, 11) is 0. The minimum atomic E-state index is -0.541. The minimum absolute atomic E-state index is 0.171. The molecule has 1 saturated carbocycles. The summed E-state index contributed by atoms with van der Waals surface area (Å²) in [4.78, 5) is 2.34. The van der Waals surface area contributed by atoms with Crippen molar-refractivity contribution >= 4 is 0 Å². The van der Waals surface area contributed by atoms with Crippen molar-refractivity contribution in [1.82, 2.24) is 4.90 Å². The van der Waals surface area contributed by atoms with E-state index in [-0.39, 0.29) is 5.92 Å². The van der Waals surface area contributed by atoms with Crippen molar-refractivity contribution < 1.29 is 5.11 Å². The molecule has 1 heterocycles. The van der Waals surface area contributed by atoms with Gasteiger partial charge in [0, 0.05) is 19.1 Å². The maximum Gasteiger partial charge on any atom is 0.0758 e. The van der Waals surface area contributed by atoms with Crippen LogP contribution < -0.4 is 0 Å². The van der Waals surface area contributed by atoms with E-state index >= 15 is 0 Å². The summed E-state index contributed by atoms with van der Waals surface area (Å²) in [5.41, 5.74) is -0.541. The van der Waals surface area contributed by atoms with Crippen LogP contribution in [-0.2, 0) is 0 Å². The van der Waals surface area contributed by atoms with Crippen LogP contribution in [0.3, 0.4) is 0 Å². The number of nitriles is 1. The van der Waals surface area contributed by atoms with Gasteiger partial charge in [0.25, 0.3) is 0 Å². The Hall–Kier alpha value is -0.590. The first-order valence-corrected chi connectivity index (χ1v) is 6.38. The fraction of sp³-hybridized carbons (Fsp3) is 0.923. The summed E-state index contributed by atoms with van der Waals surface area (Å²) >= 11 is 0. The zero-order valence-corrected chi connectivity index (χ0v) is 10.3. The molecule has 2 fully saturated rings. The molecule has 0 bridgehead atoms. The Labute approximate surface area is 98.1 Å². The lowest BCUT2D eigenvalue weighted by Gasteiger charge is -2.37. The van der Waals surface area contributed by atoms with E-state index in [2.05, 4.69) is 17.9 Å². The lowest BCUT2D eigenvalue weighted by molar-refractivity contribution is 0.0491. The van der Waals surface area contributed by atoms with Gasteiger partial charge in [-0.1, -0.05) is 6.92 Å². The molecule has 0 amide bonds. The third kappa shape index (κ3) is 2.39. The predicted octanol–water partition coefficient (Wildman–Crippen LogP) is 1.77. The van der Waals surface area contributed by atoms with E-state index in [1.54, 1.807) is 0 Å². The largest absolute Gasteiger partial charge is 0.389 e. The maximum absolute atomic E-state index is 10.00. The third-order valence-corrected chi connectivity index (χ3v) is 4.19. The van der Waals surface area contributed by atoms with Crippen molar-refractivity contribution in [3.63, 3.8) is 0 Å². The van der Waals surface area contributed by atoms with E-state index in [1.165, 1.54) is 6.42 Å². The fourth-order valence-corrected chi connectivity index (χ4v) is 3.17. The fourth-order valence-electron chi connectivity index (χ4n) is 3.17. The van der Waals surface area contributed by atoms with Crippen molar-refractivity contribution in [3.8, 4) is 6.07 Å². The van der Waals surface area contributed by atoms with Gasteiger partial charge in [-0.25, -0.2) is 0 Å². The van der Waals surface area contributed by atoms with Gasteiger partial charge in [0.2, 0.25) is 0 Å². The van der Waals surface area contributed by atoms with E-state index in [1.807, 2.05) is 6.92 Å². The molecule has 1 N–H and O–H groups in total. The van der Waals surface area contributed by atoms with E-state index in [0.29, 0.717) is 6.04 Å². The number of rotatable bonds is 1.